The van der Waals surface area contributed by atoms with Gasteiger partial charge in [0.1, 0.15) is 0 Å². The number of benzene rings is 1. The van der Waals surface area contributed by atoms with E-state index in [0.29, 0.717) is 6.54 Å². The van der Waals surface area contributed by atoms with E-state index in [1.807, 2.05) is 29.1 Å². The lowest BCUT2D eigenvalue weighted by Crippen LogP contribution is -2.24. The molecule has 1 aliphatic carbocycles. The van der Waals surface area contributed by atoms with Crippen LogP contribution >= 0.6 is 0 Å². The maximum Gasteiger partial charge on any atom is 0.231 e. The molecule has 1 aromatic carbocycles. The van der Waals surface area contributed by atoms with Gasteiger partial charge in [-0.25, -0.2) is 0 Å². The summed E-state index contributed by atoms with van der Waals surface area (Å²) in [6.45, 7) is 0.981. The van der Waals surface area contributed by atoms with Gasteiger partial charge in [0.15, 0.2) is 11.5 Å². The minimum Gasteiger partial charge on any atom is -0.454 e. The van der Waals surface area contributed by atoms with Gasteiger partial charge in [0.2, 0.25) is 13.2 Å². The van der Waals surface area contributed by atoms with Gasteiger partial charge >= 0.3 is 0 Å². The van der Waals surface area contributed by atoms with Gasteiger partial charge in [-0.15, -0.1) is 0 Å². The van der Waals surface area contributed by atoms with Gasteiger partial charge in [0.05, 0.1) is 18.8 Å². The van der Waals surface area contributed by atoms with Crippen molar-refractivity contribution >= 4 is 6.41 Å². The van der Waals surface area contributed by atoms with E-state index in [1.54, 1.807) is 0 Å². The zero-order valence-electron chi connectivity index (χ0n) is 12.1. The Balaban J connectivity index is 1.60. The van der Waals surface area contributed by atoms with Crippen molar-refractivity contribution in [2.75, 3.05) is 6.79 Å². The molecule has 0 fully saturated rings. The zero-order chi connectivity index (χ0) is 14.9. The topological polar surface area (TPSA) is 65.4 Å². The minimum atomic E-state index is 0.0896. The van der Waals surface area contributed by atoms with Crippen molar-refractivity contribution in [3.63, 3.8) is 0 Å². The maximum atomic E-state index is 10.7. The summed E-state index contributed by atoms with van der Waals surface area (Å²) in [6, 6.07) is 6.06. The Morgan fingerprint density at radius 3 is 3.18 bits per heavy atom. The van der Waals surface area contributed by atoms with E-state index in [4.69, 9.17) is 9.47 Å². The second-order valence-corrected chi connectivity index (χ2v) is 5.62. The highest BCUT2D eigenvalue weighted by atomic mass is 16.7. The number of fused-ring (bicyclic) bond motifs is 2. The molecule has 0 saturated carbocycles. The Kier molecular flexibility index (Phi) is 3.21. The van der Waals surface area contributed by atoms with Crippen LogP contribution in [-0.2, 0) is 17.8 Å². The second-order valence-electron chi connectivity index (χ2n) is 5.62. The lowest BCUT2D eigenvalue weighted by Gasteiger charge is -2.22. The first-order valence-electron chi connectivity index (χ1n) is 7.48. The van der Waals surface area contributed by atoms with E-state index >= 15 is 0 Å². The number of nitrogens with one attached hydrogen (secondary N) is 1. The van der Waals surface area contributed by atoms with Crippen molar-refractivity contribution in [3.05, 3.63) is 41.2 Å². The van der Waals surface area contributed by atoms with Crippen molar-refractivity contribution in [1.29, 1.82) is 0 Å². The fraction of sp³-hybridized carbons (Fsp3) is 0.375. The molecular formula is C16H17N3O3. The Bertz CT molecular complexity index is 711. The average Bonchev–Trinajstić information content (AvgIpc) is 3.15. The molecule has 0 radical (unpaired) electrons. The number of carbonyl (C=O) groups is 1. The van der Waals surface area contributed by atoms with Crippen LogP contribution in [0.2, 0.25) is 0 Å². The van der Waals surface area contributed by atoms with Crippen molar-refractivity contribution in [2.45, 2.75) is 31.8 Å². The van der Waals surface area contributed by atoms with Gasteiger partial charge in [0, 0.05) is 11.3 Å². The smallest absolute Gasteiger partial charge is 0.231 e. The summed E-state index contributed by atoms with van der Waals surface area (Å²) in [5.41, 5.74) is 3.47. The zero-order valence-corrected chi connectivity index (χ0v) is 12.1. The summed E-state index contributed by atoms with van der Waals surface area (Å²) in [5.74, 6) is 1.58. The predicted octanol–water partition coefficient (Wildman–Crippen LogP) is 1.78. The molecule has 0 bridgehead atoms. The van der Waals surface area contributed by atoms with E-state index in [0.717, 1.165) is 48.3 Å². The summed E-state index contributed by atoms with van der Waals surface area (Å²) in [7, 11) is 0. The first kappa shape index (κ1) is 13.2. The third kappa shape index (κ3) is 2.20. The van der Waals surface area contributed by atoms with E-state index in [2.05, 4.69) is 10.4 Å². The molecule has 1 aliphatic heterocycles. The molecule has 0 unspecified atom stereocenters. The van der Waals surface area contributed by atoms with Gasteiger partial charge < -0.3 is 14.8 Å². The minimum absolute atomic E-state index is 0.0896. The Morgan fingerprint density at radius 1 is 1.36 bits per heavy atom. The van der Waals surface area contributed by atoms with Crippen molar-refractivity contribution in [2.24, 2.45) is 0 Å². The maximum absolute atomic E-state index is 10.7. The van der Waals surface area contributed by atoms with Gasteiger partial charge in [-0.2, -0.15) is 5.10 Å². The first-order valence-corrected chi connectivity index (χ1v) is 7.48. The summed E-state index contributed by atoms with van der Waals surface area (Å²) in [6.07, 6.45) is 5.68. The van der Waals surface area contributed by atoms with E-state index < -0.39 is 0 Å². The van der Waals surface area contributed by atoms with Crippen LogP contribution in [0.4, 0.5) is 0 Å². The average molecular weight is 299 g/mol. The Hall–Kier alpha value is -2.50. The lowest BCUT2D eigenvalue weighted by atomic mass is 9.93. The highest BCUT2D eigenvalue weighted by Crippen LogP contribution is 2.33. The molecule has 2 heterocycles. The molecule has 1 N–H and O–H groups in total. The standard InChI is InChI=1S/C16H17N3O3/c20-9-17-13-2-1-3-14-12(13)7-18-19(14)8-11-4-5-15-16(6-11)22-10-21-15/h4-7,9,13H,1-3,8,10H2,(H,17,20)/t13-/m0/s1. The van der Waals surface area contributed by atoms with Gasteiger partial charge in [-0.3, -0.25) is 9.48 Å². The molecule has 22 heavy (non-hydrogen) atoms. The number of hydrogen-bond donors (Lipinski definition) is 1. The highest BCUT2D eigenvalue weighted by Gasteiger charge is 2.24. The monoisotopic (exact) mass is 299 g/mol. The van der Waals surface area contributed by atoms with Crippen molar-refractivity contribution < 1.29 is 14.3 Å². The highest BCUT2D eigenvalue weighted by molar-refractivity contribution is 5.48. The molecule has 2 aliphatic rings. The summed E-state index contributed by atoms with van der Waals surface area (Å²) < 4.78 is 12.8. The van der Waals surface area contributed by atoms with Crippen LogP contribution in [0.3, 0.4) is 0 Å². The number of amides is 1. The van der Waals surface area contributed by atoms with Crippen LogP contribution in [0.15, 0.2) is 24.4 Å². The summed E-state index contributed by atoms with van der Waals surface area (Å²) in [5, 5.41) is 7.39. The van der Waals surface area contributed by atoms with Crippen LogP contribution in [0.1, 0.15) is 35.7 Å². The predicted molar refractivity (Wildman–Crippen MR) is 78.8 cm³/mol. The van der Waals surface area contributed by atoms with Crippen molar-refractivity contribution in [1.82, 2.24) is 15.1 Å². The lowest BCUT2D eigenvalue weighted by molar-refractivity contribution is -0.110. The summed E-state index contributed by atoms with van der Waals surface area (Å²) in [4.78, 5) is 10.7. The molecule has 4 rings (SSSR count). The molecule has 1 aromatic heterocycles. The molecule has 6 heteroatoms. The third-order valence-electron chi connectivity index (χ3n) is 4.30. The molecule has 0 spiro atoms. The first-order chi connectivity index (χ1) is 10.8. The Morgan fingerprint density at radius 2 is 2.27 bits per heavy atom. The Labute approximate surface area is 128 Å². The SMILES string of the molecule is O=CN[C@H]1CCCc2c1cnn2Cc1ccc2c(c1)OCO2. The van der Waals surface area contributed by atoms with E-state index in [-0.39, 0.29) is 12.8 Å². The molecule has 1 atom stereocenters. The fourth-order valence-electron chi connectivity index (χ4n) is 3.22. The van der Waals surface area contributed by atoms with Crippen LogP contribution in [0, 0.1) is 0 Å². The van der Waals surface area contributed by atoms with Gasteiger partial charge in [-0.1, -0.05) is 6.07 Å². The number of carbonyl (C=O) groups excluding carboxylic acids is 1. The number of rotatable bonds is 4. The fourth-order valence-corrected chi connectivity index (χ4v) is 3.22. The summed E-state index contributed by atoms with van der Waals surface area (Å²) >= 11 is 0. The van der Waals surface area contributed by atoms with Crippen LogP contribution in [0.25, 0.3) is 0 Å². The van der Waals surface area contributed by atoms with E-state index in [9.17, 15) is 4.79 Å². The molecule has 114 valence electrons. The number of hydrogen-bond acceptors (Lipinski definition) is 4. The van der Waals surface area contributed by atoms with Gasteiger partial charge in [0.25, 0.3) is 0 Å². The normalized spacial score (nSPS) is 18.8. The number of ether oxygens (including phenoxy) is 2. The van der Waals surface area contributed by atoms with Crippen LogP contribution < -0.4 is 14.8 Å². The molecule has 6 nitrogen and oxygen atoms in total. The second kappa shape index (κ2) is 5.36. The third-order valence-corrected chi connectivity index (χ3v) is 4.30. The molecule has 2 aromatic rings. The van der Waals surface area contributed by atoms with Crippen molar-refractivity contribution in [3.8, 4) is 11.5 Å². The largest absolute Gasteiger partial charge is 0.454 e. The quantitative estimate of drug-likeness (QED) is 0.874. The molecular weight excluding hydrogens is 282 g/mol. The van der Waals surface area contributed by atoms with Crippen LogP contribution in [-0.4, -0.2) is 23.0 Å². The molecule has 1 amide bonds. The molecule has 0 saturated heterocycles. The number of nitrogens with zero attached hydrogens (tertiary/aromatic N) is 2. The van der Waals surface area contributed by atoms with Crippen LogP contribution in [0.5, 0.6) is 11.5 Å². The number of aromatic nitrogens is 2. The van der Waals surface area contributed by atoms with Gasteiger partial charge in [-0.05, 0) is 37.0 Å². The van der Waals surface area contributed by atoms with E-state index in [1.165, 1.54) is 5.69 Å².